The van der Waals surface area contributed by atoms with E-state index < -0.39 is 0 Å². The van der Waals surface area contributed by atoms with Crippen molar-refractivity contribution < 1.29 is 4.79 Å². The van der Waals surface area contributed by atoms with E-state index in [2.05, 4.69) is 17.1 Å². The largest absolute Gasteiger partial charge is 0.339 e. The van der Waals surface area contributed by atoms with E-state index in [1.54, 1.807) is 0 Å². The molecule has 1 N–H and O–H groups in total. The minimum absolute atomic E-state index is 0.131. The van der Waals surface area contributed by atoms with Crippen molar-refractivity contribution in [1.29, 1.82) is 0 Å². The Morgan fingerprint density at radius 3 is 2.47 bits per heavy atom. The highest BCUT2D eigenvalue weighted by Crippen LogP contribution is 2.15. The first-order valence-electron chi connectivity index (χ1n) is 6.18. The summed E-state index contributed by atoms with van der Waals surface area (Å²) in [6, 6.07) is 0.473. The lowest BCUT2D eigenvalue weighted by Gasteiger charge is -2.35. The third kappa shape index (κ3) is 3.49. The molecule has 1 amide bonds. The van der Waals surface area contributed by atoms with Crippen LogP contribution in [0, 0.1) is 5.92 Å². The van der Waals surface area contributed by atoms with Gasteiger partial charge in [0.05, 0.1) is 0 Å². The summed E-state index contributed by atoms with van der Waals surface area (Å²) in [6.45, 7) is 9.15. The van der Waals surface area contributed by atoms with Gasteiger partial charge in [0.25, 0.3) is 0 Å². The maximum absolute atomic E-state index is 12.0. The van der Waals surface area contributed by atoms with Crippen LogP contribution in [0.2, 0.25) is 0 Å². The second-order valence-corrected chi connectivity index (χ2v) is 4.67. The molecular formula is C12H24N2O. The number of nitrogens with zero attached hydrogens (tertiary/aromatic N) is 1. The predicted molar refractivity (Wildman–Crippen MR) is 62.7 cm³/mol. The van der Waals surface area contributed by atoms with Crippen molar-refractivity contribution in [3.63, 3.8) is 0 Å². The molecule has 0 aromatic rings. The van der Waals surface area contributed by atoms with Crippen LogP contribution in [0.4, 0.5) is 0 Å². The number of rotatable bonds is 4. The van der Waals surface area contributed by atoms with E-state index in [-0.39, 0.29) is 5.92 Å². The maximum Gasteiger partial charge on any atom is 0.225 e. The second-order valence-electron chi connectivity index (χ2n) is 4.67. The van der Waals surface area contributed by atoms with Crippen molar-refractivity contribution in [3.8, 4) is 0 Å². The predicted octanol–water partition coefficient (Wildman–Crippen LogP) is 1.63. The van der Waals surface area contributed by atoms with Gasteiger partial charge in [0.2, 0.25) is 5.91 Å². The fourth-order valence-electron chi connectivity index (χ4n) is 2.16. The van der Waals surface area contributed by atoms with Gasteiger partial charge in [-0.25, -0.2) is 0 Å². The number of carbonyl (C=O) groups excluding carboxylic acids is 1. The van der Waals surface area contributed by atoms with Gasteiger partial charge in [-0.3, -0.25) is 4.79 Å². The summed E-state index contributed by atoms with van der Waals surface area (Å²) >= 11 is 0. The molecule has 1 heterocycles. The molecule has 15 heavy (non-hydrogen) atoms. The van der Waals surface area contributed by atoms with Crippen molar-refractivity contribution in [2.24, 2.45) is 5.92 Å². The average molecular weight is 212 g/mol. The molecule has 3 heteroatoms. The summed E-state index contributed by atoms with van der Waals surface area (Å²) in [7, 11) is 0. The molecule has 1 aliphatic heterocycles. The van der Waals surface area contributed by atoms with Gasteiger partial charge >= 0.3 is 0 Å². The summed E-state index contributed by atoms with van der Waals surface area (Å²) in [5.74, 6) is 0.454. The Balaban J connectivity index is 2.58. The summed E-state index contributed by atoms with van der Waals surface area (Å²) in [5.41, 5.74) is 0. The number of nitrogens with one attached hydrogen (secondary N) is 1. The third-order valence-electron chi connectivity index (χ3n) is 2.99. The van der Waals surface area contributed by atoms with Gasteiger partial charge in [-0.15, -0.1) is 0 Å². The minimum atomic E-state index is 0.131. The fraction of sp³-hybridized carbons (Fsp3) is 0.917. The molecule has 88 valence electrons. The number of hydrogen-bond acceptors (Lipinski definition) is 2. The SMILES string of the molecule is CCCN(C(=O)C(C)C)C1CCNCC1. The second kappa shape index (κ2) is 6.11. The van der Waals surface area contributed by atoms with Gasteiger partial charge in [0.15, 0.2) is 0 Å². The van der Waals surface area contributed by atoms with Crippen molar-refractivity contribution in [1.82, 2.24) is 10.2 Å². The first-order valence-corrected chi connectivity index (χ1v) is 6.18. The Bertz CT molecular complexity index is 198. The van der Waals surface area contributed by atoms with Crippen LogP contribution in [0.1, 0.15) is 40.0 Å². The number of piperidine rings is 1. The van der Waals surface area contributed by atoms with Crippen molar-refractivity contribution in [3.05, 3.63) is 0 Å². The van der Waals surface area contributed by atoms with Crippen LogP contribution >= 0.6 is 0 Å². The molecule has 1 aliphatic rings. The Kier molecular flexibility index (Phi) is 5.09. The smallest absolute Gasteiger partial charge is 0.225 e. The molecule has 0 spiro atoms. The van der Waals surface area contributed by atoms with E-state index in [1.165, 1.54) is 0 Å². The van der Waals surface area contributed by atoms with Crippen molar-refractivity contribution in [2.45, 2.75) is 46.1 Å². The third-order valence-corrected chi connectivity index (χ3v) is 2.99. The van der Waals surface area contributed by atoms with Crippen LogP contribution in [0.15, 0.2) is 0 Å². The van der Waals surface area contributed by atoms with Crippen LogP contribution in [-0.2, 0) is 4.79 Å². The molecule has 0 aliphatic carbocycles. The Hall–Kier alpha value is -0.570. The van der Waals surface area contributed by atoms with Crippen LogP contribution in [0.5, 0.6) is 0 Å². The highest BCUT2D eigenvalue weighted by Gasteiger charge is 2.25. The summed E-state index contributed by atoms with van der Waals surface area (Å²) in [5, 5.41) is 3.34. The zero-order valence-corrected chi connectivity index (χ0v) is 10.3. The first kappa shape index (κ1) is 12.5. The highest BCUT2D eigenvalue weighted by molar-refractivity contribution is 5.78. The highest BCUT2D eigenvalue weighted by atomic mass is 16.2. The molecule has 0 bridgehead atoms. The van der Waals surface area contributed by atoms with E-state index >= 15 is 0 Å². The fourth-order valence-corrected chi connectivity index (χ4v) is 2.16. The van der Waals surface area contributed by atoms with E-state index in [0.717, 1.165) is 38.9 Å². The van der Waals surface area contributed by atoms with Crippen LogP contribution in [-0.4, -0.2) is 36.5 Å². The van der Waals surface area contributed by atoms with Gasteiger partial charge in [-0.05, 0) is 32.4 Å². The van der Waals surface area contributed by atoms with E-state index in [1.807, 2.05) is 13.8 Å². The number of carbonyl (C=O) groups is 1. The molecule has 3 nitrogen and oxygen atoms in total. The molecule has 0 aromatic heterocycles. The normalized spacial score (nSPS) is 18.1. The zero-order chi connectivity index (χ0) is 11.3. The Morgan fingerprint density at radius 2 is 2.00 bits per heavy atom. The van der Waals surface area contributed by atoms with Gasteiger partial charge in [-0.1, -0.05) is 20.8 Å². The topological polar surface area (TPSA) is 32.3 Å². The summed E-state index contributed by atoms with van der Waals surface area (Å²) < 4.78 is 0. The van der Waals surface area contributed by atoms with Gasteiger partial charge in [-0.2, -0.15) is 0 Å². The van der Waals surface area contributed by atoms with E-state index in [4.69, 9.17) is 0 Å². The lowest BCUT2D eigenvalue weighted by Crippen LogP contribution is -2.47. The zero-order valence-electron chi connectivity index (χ0n) is 10.3. The van der Waals surface area contributed by atoms with Crippen LogP contribution in [0.3, 0.4) is 0 Å². The molecule has 1 rings (SSSR count). The lowest BCUT2D eigenvalue weighted by molar-refractivity contribution is -0.137. The van der Waals surface area contributed by atoms with Crippen molar-refractivity contribution >= 4 is 5.91 Å². The summed E-state index contributed by atoms with van der Waals surface area (Å²) in [4.78, 5) is 14.1. The molecule has 1 saturated heterocycles. The van der Waals surface area contributed by atoms with E-state index in [9.17, 15) is 4.79 Å². The molecule has 1 fully saturated rings. The Labute approximate surface area is 93.2 Å². The Morgan fingerprint density at radius 1 is 1.40 bits per heavy atom. The quantitative estimate of drug-likeness (QED) is 0.768. The molecule has 0 radical (unpaired) electrons. The standard InChI is InChI=1S/C12H24N2O/c1-4-9-14(12(15)10(2)3)11-5-7-13-8-6-11/h10-11,13H,4-9H2,1-3H3. The molecule has 0 atom stereocenters. The van der Waals surface area contributed by atoms with Gasteiger partial charge < -0.3 is 10.2 Å². The molecule has 0 aromatic carbocycles. The maximum atomic E-state index is 12.0. The van der Waals surface area contributed by atoms with Gasteiger partial charge in [0.1, 0.15) is 0 Å². The monoisotopic (exact) mass is 212 g/mol. The van der Waals surface area contributed by atoms with Crippen LogP contribution < -0.4 is 5.32 Å². The van der Waals surface area contributed by atoms with E-state index in [0.29, 0.717) is 11.9 Å². The molecule has 0 unspecified atom stereocenters. The summed E-state index contributed by atoms with van der Waals surface area (Å²) in [6.07, 6.45) is 3.28. The first-order chi connectivity index (χ1) is 7.16. The van der Waals surface area contributed by atoms with Gasteiger partial charge in [0, 0.05) is 18.5 Å². The molecular weight excluding hydrogens is 188 g/mol. The lowest BCUT2D eigenvalue weighted by atomic mass is 10.0. The number of hydrogen-bond donors (Lipinski definition) is 1. The van der Waals surface area contributed by atoms with Crippen LogP contribution in [0.25, 0.3) is 0 Å². The average Bonchev–Trinajstić information content (AvgIpc) is 2.26. The minimum Gasteiger partial charge on any atom is -0.339 e. The number of amides is 1. The van der Waals surface area contributed by atoms with Crippen molar-refractivity contribution in [2.75, 3.05) is 19.6 Å². The molecule has 0 saturated carbocycles.